The van der Waals surface area contributed by atoms with Gasteiger partial charge in [-0.05, 0) is 32.6 Å². The highest BCUT2D eigenvalue weighted by molar-refractivity contribution is 7.17. The Bertz CT molecular complexity index is 552. The Labute approximate surface area is 116 Å². The van der Waals surface area contributed by atoms with Crippen molar-refractivity contribution in [1.29, 1.82) is 5.26 Å². The molecule has 0 aliphatic heterocycles. The fraction of sp³-hybridized carbons (Fsp3) is 0.538. The highest BCUT2D eigenvalue weighted by Gasteiger charge is 2.39. The van der Waals surface area contributed by atoms with Crippen molar-refractivity contribution in [3.8, 4) is 6.07 Å². The molecule has 0 atom stereocenters. The first-order valence-corrected chi connectivity index (χ1v) is 7.05. The number of nitrogens with two attached hydrogens (primary N) is 1. The predicted octanol–water partition coefficient (Wildman–Crippen LogP) is 2.16. The van der Waals surface area contributed by atoms with Gasteiger partial charge in [0.2, 0.25) is 0 Å². The number of rotatable bonds is 4. The summed E-state index contributed by atoms with van der Waals surface area (Å²) in [6.07, 6.45) is 2.39. The van der Waals surface area contributed by atoms with Crippen LogP contribution in [0.2, 0.25) is 0 Å². The van der Waals surface area contributed by atoms with E-state index in [0.717, 1.165) is 0 Å². The summed E-state index contributed by atoms with van der Waals surface area (Å²) >= 11 is 1.24. The largest absolute Gasteiger partial charge is 0.396 e. The van der Waals surface area contributed by atoms with Crippen molar-refractivity contribution in [3.05, 3.63) is 10.4 Å². The van der Waals surface area contributed by atoms with E-state index in [-0.39, 0.29) is 17.1 Å². The van der Waals surface area contributed by atoms with Crippen molar-refractivity contribution in [1.82, 2.24) is 5.32 Å². The SMILES string of the molecule is CNC(=O)c1c(NC(C)(C)C2CC2)sc(C#N)c1N. The molecule has 1 saturated carbocycles. The molecule has 1 fully saturated rings. The fourth-order valence-electron chi connectivity index (χ4n) is 2.17. The van der Waals surface area contributed by atoms with Gasteiger partial charge < -0.3 is 16.4 Å². The average Bonchev–Trinajstić information content (AvgIpc) is 3.15. The standard InChI is InChI=1S/C13H18N4OS/c1-13(2,7-4-5-7)17-12-9(11(18)16-3)10(15)8(6-14)19-12/h7,17H,4-5,15H2,1-3H3,(H,16,18). The van der Waals surface area contributed by atoms with Crippen LogP contribution in [0.15, 0.2) is 0 Å². The fourth-order valence-corrected chi connectivity index (χ4v) is 3.25. The number of hydrogen-bond donors (Lipinski definition) is 3. The summed E-state index contributed by atoms with van der Waals surface area (Å²) in [6, 6.07) is 2.04. The summed E-state index contributed by atoms with van der Waals surface area (Å²) in [7, 11) is 1.56. The molecule has 102 valence electrons. The molecule has 6 heteroatoms. The van der Waals surface area contributed by atoms with Gasteiger partial charge >= 0.3 is 0 Å². The van der Waals surface area contributed by atoms with Gasteiger partial charge in [-0.15, -0.1) is 11.3 Å². The van der Waals surface area contributed by atoms with Crippen molar-refractivity contribution in [2.24, 2.45) is 5.92 Å². The van der Waals surface area contributed by atoms with Gasteiger partial charge in [-0.25, -0.2) is 0 Å². The van der Waals surface area contributed by atoms with E-state index in [1.165, 1.54) is 24.2 Å². The third-order valence-corrected chi connectivity index (χ3v) is 4.56. The number of carbonyl (C=O) groups is 1. The first-order chi connectivity index (χ1) is 8.90. The third-order valence-electron chi connectivity index (χ3n) is 3.53. The molecule has 4 N–H and O–H groups in total. The molecule has 0 spiro atoms. The summed E-state index contributed by atoms with van der Waals surface area (Å²) < 4.78 is 0. The van der Waals surface area contributed by atoms with Crippen LogP contribution in [-0.4, -0.2) is 18.5 Å². The first-order valence-electron chi connectivity index (χ1n) is 6.23. The van der Waals surface area contributed by atoms with Gasteiger partial charge in [-0.1, -0.05) is 0 Å². The minimum absolute atomic E-state index is 0.0905. The topological polar surface area (TPSA) is 90.9 Å². The maximum atomic E-state index is 11.9. The second-order valence-corrected chi connectivity index (χ2v) is 6.38. The van der Waals surface area contributed by atoms with Crippen LogP contribution in [0, 0.1) is 17.2 Å². The Morgan fingerprint density at radius 1 is 1.53 bits per heavy atom. The van der Waals surface area contributed by atoms with Gasteiger partial charge in [0.1, 0.15) is 15.9 Å². The molecule has 1 amide bonds. The Balaban J connectivity index is 2.39. The predicted molar refractivity (Wildman–Crippen MR) is 77.3 cm³/mol. The van der Waals surface area contributed by atoms with E-state index in [2.05, 4.69) is 24.5 Å². The number of hydrogen-bond acceptors (Lipinski definition) is 5. The molecule has 0 bridgehead atoms. The van der Waals surface area contributed by atoms with Crippen LogP contribution in [-0.2, 0) is 0 Å². The lowest BCUT2D eigenvalue weighted by atomic mass is 9.99. The van der Waals surface area contributed by atoms with Crippen molar-refractivity contribution >= 4 is 27.9 Å². The first kappa shape index (κ1) is 13.7. The van der Waals surface area contributed by atoms with Gasteiger partial charge in [-0.2, -0.15) is 5.26 Å². The normalized spacial score (nSPS) is 14.8. The maximum Gasteiger partial charge on any atom is 0.256 e. The highest BCUT2D eigenvalue weighted by atomic mass is 32.1. The van der Waals surface area contributed by atoms with Crippen molar-refractivity contribution in [2.45, 2.75) is 32.2 Å². The molecule has 1 aromatic heterocycles. The zero-order valence-corrected chi connectivity index (χ0v) is 12.1. The quantitative estimate of drug-likeness (QED) is 0.787. The molecule has 5 nitrogen and oxygen atoms in total. The second kappa shape index (κ2) is 4.74. The number of nitriles is 1. The Hall–Kier alpha value is -1.74. The Kier molecular flexibility index (Phi) is 3.42. The number of carbonyl (C=O) groups excluding carboxylic acids is 1. The smallest absolute Gasteiger partial charge is 0.256 e. The lowest BCUT2D eigenvalue weighted by Crippen LogP contribution is -2.34. The number of nitrogen functional groups attached to an aromatic ring is 1. The van der Waals surface area contributed by atoms with Crippen molar-refractivity contribution < 1.29 is 4.79 Å². The van der Waals surface area contributed by atoms with Gasteiger partial charge in [0.25, 0.3) is 5.91 Å². The van der Waals surface area contributed by atoms with E-state index in [0.29, 0.717) is 21.4 Å². The molecule has 0 saturated heterocycles. The molecule has 2 rings (SSSR count). The zero-order chi connectivity index (χ0) is 14.2. The summed E-state index contributed by atoms with van der Waals surface area (Å²) in [5, 5.41) is 15.7. The minimum Gasteiger partial charge on any atom is -0.396 e. The zero-order valence-electron chi connectivity index (χ0n) is 11.3. The maximum absolute atomic E-state index is 11.9. The lowest BCUT2D eigenvalue weighted by molar-refractivity contribution is 0.0965. The van der Waals surface area contributed by atoms with E-state index in [9.17, 15) is 4.79 Å². The number of thiophene rings is 1. The van der Waals surface area contributed by atoms with E-state index >= 15 is 0 Å². The Morgan fingerprint density at radius 3 is 2.63 bits per heavy atom. The minimum atomic E-state index is -0.260. The molecule has 0 unspecified atom stereocenters. The molecular formula is C13H18N4OS. The van der Waals surface area contributed by atoms with Crippen LogP contribution in [0.1, 0.15) is 41.9 Å². The molecule has 1 heterocycles. The molecule has 0 aromatic carbocycles. The molecule has 1 aromatic rings. The number of nitrogens with zero attached hydrogens (tertiary/aromatic N) is 1. The summed E-state index contributed by atoms with van der Waals surface area (Å²) in [6.45, 7) is 4.22. The monoisotopic (exact) mass is 278 g/mol. The summed E-state index contributed by atoms with van der Waals surface area (Å²) in [5.41, 5.74) is 6.45. The van der Waals surface area contributed by atoms with Gasteiger partial charge in [0.15, 0.2) is 0 Å². The average molecular weight is 278 g/mol. The van der Waals surface area contributed by atoms with E-state index in [1.54, 1.807) is 7.05 Å². The van der Waals surface area contributed by atoms with Crippen LogP contribution in [0.3, 0.4) is 0 Å². The Morgan fingerprint density at radius 2 is 2.16 bits per heavy atom. The third kappa shape index (κ3) is 2.51. The van der Waals surface area contributed by atoms with Gasteiger partial charge in [0.05, 0.1) is 11.3 Å². The van der Waals surface area contributed by atoms with Crippen LogP contribution in [0.4, 0.5) is 10.7 Å². The summed E-state index contributed by atoms with van der Waals surface area (Å²) in [4.78, 5) is 12.3. The highest BCUT2D eigenvalue weighted by Crippen LogP contribution is 2.44. The molecule has 1 aliphatic carbocycles. The van der Waals surface area contributed by atoms with E-state index in [4.69, 9.17) is 11.0 Å². The number of anilines is 2. The van der Waals surface area contributed by atoms with E-state index < -0.39 is 0 Å². The van der Waals surface area contributed by atoms with Gasteiger partial charge in [-0.3, -0.25) is 4.79 Å². The lowest BCUT2D eigenvalue weighted by Gasteiger charge is -2.27. The summed E-state index contributed by atoms with van der Waals surface area (Å²) in [5.74, 6) is 0.350. The number of amides is 1. The van der Waals surface area contributed by atoms with Crippen LogP contribution in [0.25, 0.3) is 0 Å². The molecule has 19 heavy (non-hydrogen) atoms. The molecule has 1 aliphatic rings. The molecule has 0 radical (unpaired) electrons. The van der Waals surface area contributed by atoms with Crippen LogP contribution < -0.4 is 16.4 Å². The van der Waals surface area contributed by atoms with Crippen molar-refractivity contribution in [3.63, 3.8) is 0 Å². The van der Waals surface area contributed by atoms with Crippen LogP contribution >= 0.6 is 11.3 Å². The van der Waals surface area contributed by atoms with E-state index in [1.807, 2.05) is 6.07 Å². The number of nitrogens with one attached hydrogen (secondary N) is 2. The van der Waals surface area contributed by atoms with Crippen LogP contribution in [0.5, 0.6) is 0 Å². The molecular weight excluding hydrogens is 260 g/mol. The van der Waals surface area contributed by atoms with Gasteiger partial charge in [0, 0.05) is 12.6 Å². The second-order valence-electron chi connectivity index (χ2n) is 5.36. The van der Waals surface area contributed by atoms with Crippen molar-refractivity contribution in [2.75, 3.05) is 18.1 Å².